The SMILES string of the molecule is CCC[C@H](NC(=O)[C@@H]1C[C@@]2(CC(c3cccc(Cl)c3)=NO2)CN1C(=O)[C@@H](NC(=O)CC1CCCCC1)C(C)(C)C)C(=O)C(=O)NC1CC1. The van der Waals surface area contributed by atoms with E-state index in [0.717, 1.165) is 44.1 Å². The maximum Gasteiger partial charge on any atom is 0.289 e. The maximum atomic E-state index is 14.5. The minimum Gasteiger partial charge on any atom is -0.387 e. The molecule has 12 heteroatoms. The molecule has 4 aliphatic rings. The van der Waals surface area contributed by atoms with Crippen molar-refractivity contribution in [1.29, 1.82) is 0 Å². The first-order valence-corrected chi connectivity index (χ1v) is 17.9. The van der Waals surface area contributed by atoms with Crippen molar-refractivity contribution in [3.8, 4) is 0 Å². The Morgan fingerprint density at radius 2 is 1.79 bits per heavy atom. The fourth-order valence-electron chi connectivity index (χ4n) is 7.11. The van der Waals surface area contributed by atoms with Crippen LogP contribution in [0.2, 0.25) is 5.02 Å². The molecule has 2 aliphatic heterocycles. The van der Waals surface area contributed by atoms with Gasteiger partial charge in [0.05, 0.1) is 18.3 Å². The molecule has 0 unspecified atom stereocenters. The third-order valence-corrected chi connectivity index (χ3v) is 10.2. The number of carbonyl (C=O) groups excluding carboxylic acids is 5. The monoisotopic (exact) mass is 683 g/mol. The second kappa shape index (κ2) is 15.0. The van der Waals surface area contributed by atoms with E-state index in [0.29, 0.717) is 35.9 Å². The summed E-state index contributed by atoms with van der Waals surface area (Å²) in [6.45, 7) is 7.59. The van der Waals surface area contributed by atoms with Crippen molar-refractivity contribution in [2.75, 3.05) is 6.54 Å². The fourth-order valence-corrected chi connectivity index (χ4v) is 7.30. The average Bonchev–Trinajstić information content (AvgIpc) is 3.63. The molecule has 5 rings (SSSR count). The number of carbonyl (C=O) groups is 5. The summed E-state index contributed by atoms with van der Waals surface area (Å²) in [5, 5.41) is 13.5. The number of ketones is 1. The van der Waals surface area contributed by atoms with Crippen LogP contribution in [0.15, 0.2) is 29.4 Å². The standard InChI is InChI=1S/C36H50ClN5O6/c1-5-10-26(30(44)33(46)38-25-15-16-25)39-32(45)28-20-36(19-27(41-48-36)23-13-9-14-24(37)18-23)21-42(28)34(47)31(35(2,3)4)40-29(43)17-22-11-7-6-8-12-22/h9,13-14,18,22,25-26,28,31H,5-8,10-12,15-17,19-21H2,1-4H3,(H,38,46)(H,39,45)(H,40,43)/t26-,28-,31+,36-/m0/s1. The topological polar surface area (TPSA) is 146 Å². The number of nitrogens with zero attached hydrogens (tertiary/aromatic N) is 2. The molecule has 1 aromatic rings. The summed E-state index contributed by atoms with van der Waals surface area (Å²) in [5.74, 6) is -2.24. The number of halogens is 1. The van der Waals surface area contributed by atoms with E-state index in [-0.39, 0.29) is 31.3 Å². The molecule has 1 aromatic carbocycles. The summed E-state index contributed by atoms with van der Waals surface area (Å²) in [6.07, 6.45) is 8.69. The first-order chi connectivity index (χ1) is 22.8. The van der Waals surface area contributed by atoms with Gasteiger partial charge < -0.3 is 25.7 Å². The summed E-state index contributed by atoms with van der Waals surface area (Å²) >= 11 is 6.25. The Labute approximate surface area is 288 Å². The van der Waals surface area contributed by atoms with Gasteiger partial charge in [-0.3, -0.25) is 24.0 Å². The summed E-state index contributed by atoms with van der Waals surface area (Å²) in [6, 6.07) is 4.28. The van der Waals surface area contributed by atoms with Gasteiger partial charge in [0.1, 0.15) is 12.1 Å². The van der Waals surface area contributed by atoms with Crippen LogP contribution in [0, 0.1) is 11.3 Å². The van der Waals surface area contributed by atoms with E-state index in [1.54, 1.807) is 12.1 Å². The van der Waals surface area contributed by atoms with E-state index in [2.05, 4.69) is 21.1 Å². The molecular weight excluding hydrogens is 634 g/mol. The molecule has 2 saturated carbocycles. The molecule has 0 radical (unpaired) electrons. The van der Waals surface area contributed by atoms with Gasteiger partial charge in [0, 0.05) is 35.9 Å². The van der Waals surface area contributed by atoms with Crippen LogP contribution in [0.1, 0.15) is 110 Å². The van der Waals surface area contributed by atoms with Crippen LogP contribution >= 0.6 is 11.6 Å². The molecule has 262 valence electrons. The van der Waals surface area contributed by atoms with Gasteiger partial charge in [-0.2, -0.15) is 0 Å². The molecule has 11 nitrogen and oxygen atoms in total. The van der Waals surface area contributed by atoms with Crippen molar-refractivity contribution in [3.63, 3.8) is 0 Å². The molecular formula is C36H50ClN5O6. The van der Waals surface area contributed by atoms with Crippen molar-refractivity contribution < 1.29 is 28.8 Å². The van der Waals surface area contributed by atoms with E-state index in [9.17, 15) is 24.0 Å². The number of amides is 4. The maximum absolute atomic E-state index is 14.5. The molecule has 3 N–H and O–H groups in total. The highest BCUT2D eigenvalue weighted by Crippen LogP contribution is 2.40. The predicted molar refractivity (Wildman–Crippen MR) is 182 cm³/mol. The molecule has 2 heterocycles. The van der Waals surface area contributed by atoms with E-state index in [1.807, 2.05) is 39.8 Å². The summed E-state index contributed by atoms with van der Waals surface area (Å²) < 4.78 is 0. The molecule has 2 aliphatic carbocycles. The second-order valence-corrected chi connectivity index (χ2v) is 15.7. The highest BCUT2D eigenvalue weighted by Gasteiger charge is 2.55. The van der Waals surface area contributed by atoms with Gasteiger partial charge in [-0.1, -0.05) is 82.3 Å². The van der Waals surface area contributed by atoms with Crippen LogP contribution in [0.5, 0.6) is 0 Å². The number of likely N-dealkylation sites (tertiary alicyclic amines) is 1. The van der Waals surface area contributed by atoms with Gasteiger partial charge in [-0.25, -0.2) is 0 Å². The number of Topliss-reactive ketones (excluding diaryl/α,β-unsaturated/α-hetero) is 1. The van der Waals surface area contributed by atoms with Gasteiger partial charge in [0.25, 0.3) is 5.91 Å². The Morgan fingerprint density at radius 1 is 1.06 bits per heavy atom. The van der Waals surface area contributed by atoms with E-state index >= 15 is 0 Å². The predicted octanol–water partition coefficient (Wildman–Crippen LogP) is 4.44. The lowest BCUT2D eigenvalue weighted by Gasteiger charge is -2.36. The van der Waals surface area contributed by atoms with E-state index < -0.39 is 52.6 Å². The van der Waals surface area contributed by atoms with Crippen LogP contribution < -0.4 is 16.0 Å². The van der Waals surface area contributed by atoms with Crippen molar-refractivity contribution >= 4 is 46.7 Å². The van der Waals surface area contributed by atoms with Crippen molar-refractivity contribution in [1.82, 2.24) is 20.9 Å². The zero-order chi connectivity index (χ0) is 34.6. The Bertz CT molecular complexity index is 1430. The molecule has 48 heavy (non-hydrogen) atoms. The fraction of sp³-hybridized carbons (Fsp3) is 0.667. The second-order valence-electron chi connectivity index (χ2n) is 15.2. The minimum absolute atomic E-state index is 0.00177. The van der Waals surface area contributed by atoms with Gasteiger partial charge in [-0.05, 0) is 55.6 Å². The highest BCUT2D eigenvalue weighted by atomic mass is 35.5. The lowest BCUT2D eigenvalue weighted by molar-refractivity contribution is -0.145. The van der Waals surface area contributed by atoms with Crippen LogP contribution in [0.3, 0.4) is 0 Å². The van der Waals surface area contributed by atoms with Gasteiger partial charge in [0.2, 0.25) is 23.5 Å². The van der Waals surface area contributed by atoms with Gasteiger partial charge in [-0.15, -0.1) is 0 Å². The van der Waals surface area contributed by atoms with E-state index in [4.69, 9.17) is 16.4 Å². The van der Waals surface area contributed by atoms with Crippen LogP contribution in [-0.4, -0.2) is 76.3 Å². The van der Waals surface area contributed by atoms with Crippen molar-refractivity contribution in [2.45, 2.75) is 135 Å². The summed E-state index contributed by atoms with van der Waals surface area (Å²) in [4.78, 5) is 75.3. The van der Waals surface area contributed by atoms with Crippen LogP contribution in [-0.2, 0) is 28.8 Å². The third-order valence-electron chi connectivity index (χ3n) is 9.95. The number of nitrogens with one attached hydrogen (secondary N) is 3. The van der Waals surface area contributed by atoms with Gasteiger partial charge >= 0.3 is 0 Å². The highest BCUT2D eigenvalue weighted by molar-refractivity contribution is 6.38. The molecule has 4 atom stereocenters. The normalized spacial score (nSPS) is 24.0. The Balaban J connectivity index is 1.38. The number of hydrogen-bond acceptors (Lipinski definition) is 7. The van der Waals surface area contributed by atoms with Gasteiger partial charge in [0.15, 0.2) is 5.60 Å². The Kier molecular flexibility index (Phi) is 11.2. The zero-order valence-corrected chi connectivity index (χ0v) is 29.4. The number of benzene rings is 1. The lowest BCUT2D eigenvalue weighted by atomic mass is 9.84. The lowest BCUT2D eigenvalue weighted by Crippen LogP contribution is -2.59. The minimum atomic E-state index is -1.04. The molecule has 0 bridgehead atoms. The zero-order valence-electron chi connectivity index (χ0n) is 28.6. The summed E-state index contributed by atoms with van der Waals surface area (Å²) in [7, 11) is 0. The smallest absolute Gasteiger partial charge is 0.289 e. The Hall–Kier alpha value is -3.47. The van der Waals surface area contributed by atoms with E-state index in [1.165, 1.54) is 11.3 Å². The largest absolute Gasteiger partial charge is 0.387 e. The van der Waals surface area contributed by atoms with Crippen molar-refractivity contribution in [3.05, 3.63) is 34.9 Å². The average molecular weight is 684 g/mol. The Morgan fingerprint density at radius 3 is 2.44 bits per heavy atom. The summed E-state index contributed by atoms with van der Waals surface area (Å²) in [5.41, 5.74) is -0.244. The van der Waals surface area contributed by atoms with Crippen LogP contribution in [0.25, 0.3) is 0 Å². The third kappa shape index (κ3) is 8.76. The molecule has 1 spiro atoms. The molecule has 0 aromatic heterocycles. The number of hydrogen-bond donors (Lipinski definition) is 3. The molecule has 3 fully saturated rings. The number of rotatable bonds is 12. The first-order valence-electron chi connectivity index (χ1n) is 17.5. The first kappa shape index (κ1) is 35.8. The molecule has 4 amide bonds. The van der Waals surface area contributed by atoms with Crippen molar-refractivity contribution in [2.24, 2.45) is 16.5 Å². The molecule has 1 saturated heterocycles. The number of oxime groups is 1. The van der Waals surface area contributed by atoms with Crippen LogP contribution in [0.4, 0.5) is 0 Å². The quantitative estimate of drug-likeness (QED) is 0.278.